The van der Waals surface area contributed by atoms with Crippen LogP contribution < -0.4 is 4.90 Å². The number of methoxy groups -OCH3 is 1. The summed E-state index contributed by atoms with van der Waals surface area (Å²) < 4.78 is 5.49. The lowest BCUT2D eigenvalue weighted by molar-refractivity contribution is -0.138. The lowest BCUT2D eigenvalue weighted by Gasteiger charge is -2.38. The summed E-state index contributed by atoms with van der Waals surface area (Å²) in [5.41, 5.74) is 0.0209. The Bertz CT molecular complexity index is 1020. The van der Waals surface area contributed by atoms with Crippen LogP contribution in [0, 0.1) is 29.1 Å². The maximum atomic E-state index is 14.0. The van der Waals surface area contributed by atoms with Crippen LogP contribution in [0.25, 0.3) is 0 Å². The Morgan fingerprint density at radius 2 is 1.86 bits per heavy atom. The molecule has 198 valence electrons. The van der Waals surface area contributed by atoms with E-state index < -0.39 is 12.0 Å². The largest absolute Gasteiger partial charge is 0.477 e. The SMILES string of the molecule is COC1CCCN(C(=O)[C@H](C)N(C(=O)C2CCC(C)CC2)c2cc(C#CC(C)(C)C)sc2C(=O)O)C1. The van der Waals surface area contributed by atoms with E-state index in [9.17, 15) is 19.5 Å². The molecule has 1 saturated carbocycles. The van der Waals surface area contributed by atoms with Gasteiger partial charge in [-0.25, -0.2) is 4.79 Å². The average Bonchev–Trinajstić information content (AvgIpc) is 3.26. The predicted octanol–water partition coefficient (Wildman–Crippen LogP) is 5.03. The highest BCUT2D eigenvalue weighted by molar-refractivity contribution is 7.15. The maximum absolute atomic E-state index is 14.0. The average molecular weight is 517 g/mol. The van der Waals surface area contributed by atoms with Crippen molar-refractivity contribution in [1.82, 2.24) is 4.90 Å². The summed E-state index contributed by atoms with van der Waals surface area (Å²) in [4.78, 5) is 43.7. The van der Waals surface area contributed by atoms with E-state index in [1.165, 1.54) is 4.90 Å². The Balaban J connectivity index is 2.02. The first-order valence-corrected chi connectivity index (χ1v) is 13.8. The normalized spacial score (nSPS) is 23.4. The van der Waals surface area contributed by atoms with Crippen molar-refractivity contribution >= 4 is 34.8 Å². The fourth-order valence-corrected chi connectivity index (χ4v) is 5.79. The number of rotatable bonds is 6. The third-order valence-electron chi connectivity index (χ3n) is 7.10. The zero-order chi connectivity index (χ0) is 26.6. The van der Waals surface area contributed by atoms with Crippen LogP contribution in [0.3, 0.4) is 0 Å². The van der Waals surface area contributed by atoms with Gasteiger partial charge < -0.3 is 14.7 Å². The van der Waals surface area contributed by atoms with Crippen LogP contribution in [0.5, 0.6) is 0 Å². The van der Waals surface area contributed by atoms with E-state index in [2.05, 4.69) is 18.8 Å². The summed E-state index contributed by atoms with van der Waals surface area (Å²) in [6, 6.07) is 0.845. The van der Waals surface area contributed by atoms with Crippen LogP contribution >= 0.6 is 11.3 Å². The fraction of sp³-hybridized carbons (Fsp3) is 0.679. The van der Waals surface area contributed by atoms with Gasteiger partial charge in [-0.05, 0) is 78.2 Å². The summed E-state index contributed by atoms with van der Waals surface area (Å²) in [6.45, 7) is 10.9. The molecule has 8 heteroatoms. The Kier molecular flexibility index (Phi) is 9.23. The van der Waals surface area contributed by atoms with Crippen LogP contribution in [0.15, 0.2) is 6.07 Å². The first kappa shape index (κ1) is 28.2. The molecular formula is C28H40N2O5S. The molecule has 1 aliphatic heterocycles. The van der Waals surface area contributed by atoms with Gasteiger partial charge >= 0.3 is 5.97 Å². The zero-order valence-corrected chi connectivity index (χ0v) is 23.2. The molecular weight excluding hydrogens is 476 g/mol. The summed E-state index contributed by atoms with van der Waals surface area (Å²) in [6.07, 6.45) is 5.08. The molecule has 2 heterocycles. The summed E-state index contributed by atoms with van der Waals surface area (Å²) in [7, 11) is 1.65. The third-order valence-corrected chi connectivity index (χ3v) is 8.13. The van der Waals surface area contributed by atoms with Crippen molar-refractivity contribution in [1.29, 1.82) is 0 Å². The van der Waals surface area contributed by atoms with Crippen molar-refractivity contribution in [3.63, 3.8) is 0 Å². The number of aromatic carboxylic acids is 1. The van der Waals surface area contributed by atoms with Gasteiger partial charge in [-0.2, -0.15) is 0 Å². The molecule has 1 unspecified atom stereocenters. The number of ether oxygens (including phenoxy) is 1. The molecule has 0 spiro atoms. The Morgan fingerprint density at radius 1 is 1.19 bits per heavy atom. The van der Waals surface area contributed by atoms with Gasteiger partial charge in [0.25, 0.3) is 0 Å². The van der Waals surface area contributed by atoms with E-state index in [0.717, 1.165) is 49.9 Å². The maximum Gasteiger partial charge on any atom is 0.348 e. The van der Waals surface area contributed by atoms with Crippen molar-refractivity contribution < 1.29 is 24.2 Å². The third kappa shape index (κ3) is 6.89. The number of anilines is 1. The van der Waals surface area contributed by atoms with Crippen LogP contribution in [0.4, 0.5) is 5.69 Å². The molecule has 1 N–H and O–H groups in total. The van der Waals surface area contributed by atoms with Gasteiger partial charge in [0.2, 0.25) is 11.8 Å². The monoisotopic (exact) mass is 516 g/mol. The van der Waals surface area contributed by atoms with Gasteiger partial charge in [0.05, 0.1) is 16.7 Å². The van der Waals surface area contributed by atoms with E-state index in [1.807, 2.05) is 20.8 Å². The molecule has 3 rings (SSSR count). The molecule has 0 radical (unpaired) electrons. The number of likely N-dealkylation sites (tertiary alicyclic amines) is 1. The second-order valence-electron chi connectivity index (χ2n) is 11.3. The minimum absolute atomic E-state index is 0.0334. The van der Waals surface area contributed by atoms with E-state index >= 15 is 0 Å². The molecule has 1 saturated heterocycles. The number of carboxylic acids is 1. The number of amides is 2. The number of piperidine rings is 1. The molecule has 1 aliphatic carbocycles. The quantitative estimate of drug-likeness (QED) is 0.536. The standard InChI is InChI=1S/C28H40N2O5S/c1-18-9-11-20(12-10-18)26(32)30(19(2)25(31)29-15-7-8-21(17-29)35-6)23-16-22(13-14-28(3,4)5)36-24(23)27(33)34/h16,18-21H,7-12,15,17H2,1-6H3,(H,33,34)/t18?,19-,20?,21?/m0/s1. The Labute approximate surface area is 219 Å². The van der Waals surface area contributed by atoms with Crippen molar-refractivity contribution in [3.05, 3.63) is 15.8 Å². The minimum atomic E-state index is -1.12. The van der Waals surface area contributed by atoms with Crippen LogP contribution in [0.1, 0.15) is 87.7 Å². The molecule has 2 atom stereocenters. The van der Waals surface area contributed by atoms with Gasteiger partial charge in [-0.3, -0.25) is 14.5 Å². The Hall–Kier alpha value is -2.37. The lowest BCUT2D eigenvalue weighted by Crippen LogP contribution is -2.54. The Morgan fingerprint density at radius 3 is 2.44 bits per heavy atom. The molecule has 1 aromatic rings. The number of carbonyl (C=O) groups is 3. The van der Waals surface area contributed by atoms with Gasteiger partial charge in [-0.1, -0.05) is 18.8 Å². The number of carboxylic acid groups (broad SMARTS) is 1. The van der Waals surface area contributed by atoms with Crippen LogP contribution in [-0.2, 0) is 14.3 Å². The number of thiophene rings is 1. The number of carbonyl (C=O) groups excluding carboxylic acids is 2. The second kappa shape index (κ2) is 11.8. The molecule has 0 bridgehead atoms. The summed E-state index contributed by atoms with van der Waals surface area (Å²) >= 11 is 1.06. The zero-order valence-electron chi connectivity index (χ0n) is 22.4. The lowest BCUT2D eigenvalue weighted by atomic mass is 9.82. The molecule has 7 nitrogen and oxygen atoms in total. The summed E-state index contributed by atoms with van der Waals surface area (Å²) in [5.74, 6) is 5.09. The molecule has 2 fully saturated rings. The highest BCUT2D eigenvalue weighted by Gasteiger charge is 2.39. The second-order valence-corrected chi connectivity index (χ2v) is 12.3. The van der Waals surface area contributed by atoms with Gasteiger partial charge in [0, 0.05) is 31.5 Å². The molecule has 36 heavy (non-hydrogen) atoms. The van der Waals surface area contributed by atoms with E-state index in [0.29, 0.717) is 23.9 Å². The first-order valence-electron chi connectivity index (χ1n) is 13.0. The van der Waals surface area contributed by atoms with Crippen LogP contribution in [-0.4, -0.2) is 60.1 Å². The van der Waals surface area contributed by atoms with Gasteiger partial charge in [0.15, 0.2) is 0 Å². The van der Waals surface area contributed by atoms with Crippen molar-refractivity contribution in [2.24, 2.45) is 17.3 Å². The molecule has 2 aliphatic rings. The van der Waals surface area contributed by atoms with Crippen LogP contribution in [0.2, 0.25) is 0 Å². The minimum Gasteiger partial charge on any atom is -0.477 e. The highest BCUT2D eigenvalue weighted by atomic mass is 32.1. The molecule has 1 aromatic heterocycles. The summed E-state index contributed by atoms with van der Waals surface area (Å²) in [5, 5.41) is 10.0. The number of hydrogen-bond donors (Lipinski definition) is 1. The molecule has 2 amide bonds. The smallest absolute Gasteiger partial charge is 0.348 e. The van der Waals surface area contributed by atoms with Crippen molar-refractivity contribution in [2.45, 2.75) is 85.3 Å². The van der Waals surface area contributed by atoms with E-state index in [-0.39, 0.29) is 39.8 Å². The fourth-order valence-electron chi connectivity index (χ4n) is 4.95. The first-order chi connectivity index (χ1) is 16.9. The van der Waals surface area contributed by atoms with E-state index in [1.54, 1.807) is 25.0 Å². The van der Waals surface area contributed by atoms with Gasteiger partial charge in [0.1, 0.15) is 10.9 Å². The van der Waals surface area contributed by atoms with E-state index in [4.69, 9.17) is 4.74 Å². The molecule has 0 aromatic carbocycles. The van der Waals surface area contributed by atoms with Crippen molar-refractivity contribution in [3.8, 4) is 11.8 Å². The van der Waals surface area contributed by atoms with Gasteiger partial charge in [-0.15, -0.1) is 11.3 Å². The number of nitrogens with zero attached hydrogens (tertiary/aromatic N) is 2. The van der Waals surface area contributed by atoms with Crippen molar-refractivity contribution in [2.75, 3.05) is 25.1 Å². The highest BCUT2D eigenvalue weighted by Crippen LogP contribution is 2.36. The number of hydrogen-bond acceptors (Lipinski definition) is 5. The topological polar surface area (TPSA) is 87.2 Å². The predicted molar refractivity (Wildman–Crippen MR) is 142 cm³/mol.